The maximum absolute atomic E-state index is 12.8. The molecule has 2 aliphatic heterocycles. The van der Waals surface area contributed by atoms with Gasteiger partial charge in [-0.25, -0.2) is 4.99 Å². The zero-order valence-corrected chi connectivity index (χ0v) is 14.0. The van der Waals surface area contributed by atoms with Gasteiger partial charge in [0.15, 0.2) is 0 Å². The molecule has 0 atom stereocenters. The third-order valence-corrected chi connectivity index (χ3v) is 4.60. The fraction of sp³-hybridized carbons (Fsp3) is 0.400. The third kappa shape index (κ3) is 3.79. The van der Waals surface area contributed by atoms with Gasteiger partial charge < -0.3 is 4.90 Å². The van der Waals surface area contributed by atoms with Crippen LogP contribution in [0.3, 0.4) is 0 Å². The number of rotatable bonds is 2. The van der Waals surface area contributed by atoms with Crippen molar-refractivity contribution >= 4 is 11.6 Å². The molecule has 0 N–H and O–H groups in total. The summed E-state index contributed by atoms with van der Waals surface area (Å²) in [5.74, 6) is 0.780. The molecule has 23 heavy (non-hydrogen) atoms. The lowest BCUT2D eigenvalue weighted by Crippen LogP contribution is -2.38. The number of nitrogens with zero attached hydrogens (tertiary/aromatic N) is 2. The summed E-state index contributed by atoms with van der Waals surface area (Å²) >= 11 is 0. The van der Waals surface area contributed by atoms with Gasteiger partial charge in [0.2, 0.25) is 0 Å². The first kappa shape index (κ1) is 15.7. The number of hydrogen-bond acceptors (Lipinski definition) is 2. The topological polar surface area (TPSA) is 32.7 Å². The number of carbonyl (C=O) groups is 1. The van der Waals surface area contributed by atoms with Crippen molar-refractivity contribution in [3.05, 3.63) is 59.3 Å². The van der Waals surface area contributed by atoms with Crippen molar-refractivity contribution in [1.82, 2.24) is 4.90 Å². The Morgan fingerprint density at radius 3 is 2.78 bits per heavy atom. The molecule has 3 nitrogen and oxygen atoms in total. The molecule has 0 radical (unpaired) electrons. The molecule has 2 aliphatic rings. The minimum Gasteiger partial charge on any atom is -0.337 e. The first-order chi connectivity index (χ1) is 11.1. The molecule has 120 valence electrons. The van der Waals surface area contributed by atoms with Crippen molar-refractivity contribution in [1.29, 1.82) is 0 Å². The van der Waals surface area contributed by atoms with Crippen LogP contribution in [-0.4, -0.2) is 29.6 Å². The summed E-state index contributed by atoms with van der Waals surface area (Å²) in [6.07, 6.45) is 8.80. The maximum Gasteiger partial charge on any atom is 0.272 e. The molecule has 1 saturated heterocycles. The average Bonchev–Trinajstić information content (AvgIpc) is 2.81. The molecular weight excluding hydrogens is 284 g/mol. The van der Waals surface area contributed by atoms with E-state index >= 15 is 0 Å². The van der Waals surface area contributed by atoms with Gasteiger partial charge in [-0.15, -0.1) is 0 Å². The zero-order chi connectivity index (χ0) is 16.2. The SMILES string of the molecule is Cc1cccc(C2=NC(C(=O)N3CCC(C)CC3)=CC=CC2)c1. The second-order valence-corrected chi connectivity index (χ2v) is 6.59. The van der Waals surface area contributed by atoms with Crippen molar-refractivity contribution in [3.8, 4) is 0 Å². The fourth-order valence-electron chi connectivity index (χ4n) is 3.07. The Labute approximate surface area is 138 Å². The maximum atomic E-state index is 12.8. The van der Waals surface area contributed by atoms with Gasteiger partial charge in [-0.2, -0.15) is 0 Å². The Kier molecular flexibility index (Phi) is 4.75. The van der Waals surface area contributed by atoms with Gasteiger partial charge in [-0.1, -0.05) is 48.9 Å². The standard InChI is InChI=1S/C20H24N2O/c1-15-10-12-22(13-11-15)20(23)19-9-4-3-8-18(21-19)17-7-5-6-16(2)14-17/h3-7,9,14-15H,8,10-13H2,1-2H3. The van der Waals surface area contributed by atoms with E-state index in [0.29, 0.717) is 11.6 Å². The average molecular weight is 308 g/mol. The number of carbonyl (C=O) groups excluding carboxylic acids is 1. The molecule has 0 unspecified atom stereocenters. The summed E-state index contributed by atoms with van der Waals surface area (Å²) in [6.45, 7) is 6.02. The quantitative estimate of drug-likeness (QED) is 0.816. The predicted molar refractivity (Wildman–Crippen MR) is 94.5 cm³/mol. The van der Waals surface area contributed by atoms with E-state index in [0.717, 1.165) is 43.6 Å². The van der Waals surface area contributed by atoms with E-state index in [1.54, 1.807) is 0 Å². The van der Waals surface area contributed by atoms with Crippen molar-refractivity contribution < 1.29 is 4.79 Å². The highest BCUT2D eigenvalue weighted by Crippen LogP contribution is 2.20. The minimum atomic E-state index is 0.0635. The first-order valence-corrected chi connectivity index (χ1v) is 8.44. The van der Waals surface area contributed by atoms with E-state index in [-0.39, 0.29) is 5.91 Å². The van der Waals surface area contributed by atoms with Crippen molar-refractivity contribution in [2.24, 2.45) is 10.9 Å². The summed E-state index contributed by atoms with van der Waals surface area (Å²) in [4.78, 5) is 19.4. The molecule has 1 amide bonds. The van der Waals surface area contributed by atoms with Gasteiger partial charge >= 0.3 is 0 Å². The van der Waals surface area contributed by atoms with Crippen LogP contribution in [0.4, 0.5) is 0 Å². The largest absolute Gasteiger partial charge is 0.337 e. The highest BCUT2D eigenvalue weighted by atomic mass is 16.2. The molecule has 0 saturated carbocycles. The van der Waals surface area contributed by atoms with Crippen LogP contribution in [-0.2, 0) is 4.79 Å². The van der Waals surface area contributed by atoms with Crippen LogP contribution in [0.1, 0.15) is 37.3 Å². The lowest BCUT2D eigenvalue weighted by Gasteiger charge is -2.30. The van der Waals surface area contributed by atoms with Gasteiger partial charge in [-0.3, -0.25) is 4.79 Å². The van der Waals surface area contributed by atoms with Crippen LogP contribution >= 0.6 is 0 Å². The fourth-order valence-corrected chi connectivity index (χ4v) is 3.07. The van der Waals surface area contributed by atoms with Crippen LogP contribution in [0.2, 0.25) is 0 Å². The minimum absolute atomic E-state index is 0.0635. The zero-order valence-electron chi connectivity index (χ0n) is 14.0. The molecule has 1 aromatic carbocycles. The number of aliphatic imine (C=N–C) groups is 1. The summed E-state index contributed by atoms with van der Waals surface area (Å²) in [5.41, 5.74) is 3.83. The number of benzene rings is 1. The van der Waals surface area contributed by atoms with Gasteiger partial charge in [-0.05, 0) is 37.3 Å². The van der Waals surface area contributed by atoms with Crippen LogP contribution in [0.15, 0.2) is 53.2 Å². The first-order valence-electron chi connectivity index (χ1n) is 8.44. The van der Waals surface area contributed by atoms with Gasteiger partial charge in [0.25, 0.3) is 5.91 Å². The van der Waals surface area contributed by atoms with E-state index in [1.807, 2.05) is 23.1 Å². The van der Waals surface area contributed by atoms with E-state index in [9.17, 15) is 4.79 Å². The number of allylic oxidation sites excluding steroid dienone is 3. The van der Waals surface area contributed by atoms with Crippen LogP contribution in [0.5, 0.6) is 0 Å². The summed E-state index contributed by atoms with van der Waals surface area (Å²) < 4.78 is 0. The molecule has 0 aromatic heterocycles. The molecule has 0 aliphatic carbocycles. The van der Waals surface area contributed by atoms with Crippen molar-refractivity contribution in [3.63, 3.8) is 0 Å². The van der Waals surface area contributed by atoms with E-state index < -0.39 is 0 Å². The summed E-state index contributed by atoms with van der Waals surface area (Å²) in [7, 11) is 0. The second-order valence-electron chi connectivity index (χ2n) is 6.59. The Balaban J connectivity index is 1.83. The van der Waals surface area contributed by atoms with E-state index in [1.165, 1.54) is 5.56 Å². The van der Waals surface area contributed by atoms with E-state index in [2.05, 4.69) is 38.1 Å². The number of aryl methyl sites for hydroxylation is 1. The molecule has 0 spiro atoms. The van der Waals surface area contributed by atoms with Crippen LogP contribution in [0, 0.1) is 12.8 Å². The van der Waals surface area contributed by atoms with Gasteiger partial charge in [0.05, 0.1) is 5.71 Å². The van der Waals surface area contributed by atoms with Crippen molar-refractivity contribution in [2.45, 2.75) is 33.1 Å². The molecule has 3 rings (SSSR count). The van der Waals surface area contributed by atoms with Crippen LogP contribution in [0.25, 0.3) is 0 Å². The lowest BCUT2D eigenvalue weighted by atomic mass is 9.99. The highest BCUT2D eigenvalue weighted by Gasteiger charge is 2.23. The van der Waals surface area contributed by atoms with Gasteiger partial charge in [0.1, 0.15) is 5.70 Å². The molecule has 2 heterocycles. The number of amides is 1. The summed E-state index contributed by atoms with van der Waals surface area (Å²) in [5, 5.41) is 0. The van der Waals surface area contributed by atoms with Crippen molar-refractivity contribution in [2.75, 3.05) is 13.1 Å². The number of likely N-dealkylation sites (tertiary alicyclic amines) is 1. The normalized spacial score (nSPS) is 19.1. The van der Waals surface area contributed by atoms with Gasteiger partial charge in [0, 0.05) is 19.5 Å². The predicted octanol–water partition coefficient (Wildman–Crippen LogP) is 3.89. The lowest BCUT2D eigenvalue weighted by molar-refractivity contribution is -0.128. The Morgan fingerprint density at radius 2 is 2.04 bits per heavy atom. The Bertz CT molecular complexity index is 677. The summed E-state index contributed by atoms with van der Waals surface area (Å²) in [6, 6.07) is 8.31. The molecule has 0 bridgehead atoms. The van der Waals surface area contributed by atoms with E-state index in [4.69, 9.17) is 4.99 Å². The smallest absolute Gasteiger partial charge is 0.272 e. The molecular formula is C20H24N2O. The molecule has 1 fully saturated rings. The number of piperidine rings is 1. The monoisotopic (exact) mass is 308 g/mol. The Hall–Kier alpha value is -2.16. The second kappa shape index (κ2) is 6.95. The molecule has 1 aromatic rings. The third-order valence-electron chi connectivity index (χ3n) is 4.60. The number of hydrogen-bond donors (Lipinski definition) is 0. The Morgan fingerprint density at radius 1 is 1.26 bits per heavy atom. The highest BCUT2D eigenvalue weighted by molar-refractivity contribution is 6.06. The molecule has 3 heteroatoms. The van der Waals surface area contributed by atoms with Crippen LogP contribution < -0.4 is 0 Å².